The van der Waals surface area contributed by atoms with Crippen LogP contribution in [0.1, 0.15) is 0 Å². The number of halogens is 2. The molecule has 0 atom stereocenters. The van der Waals surface area contributed by atoms with Crippen LogP contribution in [0.5, 0.6) is 0 Å². The molecule has 0 unspecified atom stereocenters. The van der Waals surface area contributed by atoms with Crippen LogP contribution < -0.4 is 5.32 Å². The van der Waals surface area contributed by atoms with Gasteiger partial charge in [0.1, 0.15) is 10.4 Å². The van der Waals surface area contributed by atoms with Gasteiger partial charge in [-0.2, -0.15) is 5.10 Å². The van der Waals surface area contributed by atoms with Crippen molar-refractivity contribution in [1.29, 1.82) is 0 Å². The number of rotatable bonds is 3. The highest BCUT2D eigenvalue weighted by Crippen LogP contribution is 2.25. The number of nitrogens with one attached hydrogen (secondary N) is 1. The highest BCUT2D eigenvalue weighted by molar-refractivity contribution is 9.10. The Morgan fingerprint density at radius 2 is 2.33 bits per heavy atom. The minimum absolute atomic E-state index is 0.241. The van der Waals surface area contributed by atoms with Crippen LogP contribution >= 0.6 is 15.9 Å². The van der Waals surface area contributed by atoms with E-state index >= 15 is 0 Å². The third kappa shape index (κ3) is 1.89. The molecule has 15 heavy (non-hydrogen) atoms. The van der Waals surface area contributed by atoms with Crippen molar-refractivity contribution in [3.05, 3.63) is 28.6 Å². The summed E-state index contributed by atoms with van der Waals surface area (Å²) in [6.07, 6.45) is 0. The van der Waals surface area contributed by atoms with E-state index in [1.54, 1.807) is 16.8 Å². The summed E-state index contributed by atoms with van der Waals surface area (Å²) in [5.41, 5.74) is 0.679. The van der Waals surface area contributed by atoms with Crippen molar-refractivity contribution in [2.75, 3.05) is 13.6 Å². The van der Waals surface area contributed by atoms with Gasteiger partial charge in [-0.05, 0) is 35.1 Å². The van der Waals surface area contributed by atoms with Crippen LogP contribution in [0, 0.1) is 5.82 Å². The third-order valence-corrected chi connectivity index (χ3v) is 3.03. The Kier molecular flexibility index (Phi) is 3.02. The molecule has 0 fully saturated rings. The summed E-state index contributed by atoms with van der Waals surface area (Å²) in [4.78, 5) is 0. The second-order valence-corrected chi connectivity index (χ2v) is 4.00. The van der Waals surface area contributed by atoms with E-state index in [4.69, 9.17) is 0 Å². The summed E-state index contributed by atoms with van der Waals surface area (Å²) in [5.74, 6) is -0.241. The quantitative estimate of drug-likeness (QED) is 0.927. The van der Waals surface area contributed by atoms with E-state index in [1.807, 2.05) is 7.05 Å². The van der Waals surface area contributed by atoms with Gasteiger partial charge in [0.05, 0.1) is 17.4 Å². The zero-order valence-corrected chi connectivity index (χ0v) is 9.88. The van der Waals surface area contributed by atoms with Crippen molar-refractivity contribution in [1.82, 2.24) is 15.1 Å². The molecule has 0 aliphatic heterocycles. The first-order valence-electron chi connectivity index (χ1n) is 4.69. The molecule has 3 nitrogen and oxygen atoms in total. The SMILES string of the molecule is CNCCn1nc2cccc(F)c2c1Br. The Morgan fingerprint density at radius 3 is 3.00 bits per heavy atom. The monoisotopic (exact) mass is 271 g/mol. The fourth-order valence-corrected chi connectivity index (χ4v) is 2.12. The van der Waals surface area contributed by atoms with Gasteiger partial charge in [-0.1, -0.05) is 6.07 Å². The van der Waals surface area contributed by atoms with E-state index in [0.717, 1.165) is 6.54 Å². The van der Waals surface area contributed by atoms with Crippen molar-refractivity contribution < 1.29 is 4.39 Å². The molecular formula is C10H11BrFN3. The molecule has 0 aliphatic carbocycles. The second kappa shape index (κ2) is 4.28. The van der Waals surface area contributed by atoms with E-state index < -0.39 is 0 Å². The van der Waals surface area contributed by atoms with E-state index in [1.165, 1.54) is 6.07 Å². The van der Waals surface area contributed by atoms with Crippen LogP contribution in [-0.4, -0.2) is 23.4 Å². The van der Waals surface area contributed by atoms with Crippen LogP contribution in [0.3, 0.4) is 0 Å². The van der Waals surface area contributed by atoms with Crippen LogP contribution in [0.2, 0.25) is 0 Å². The minimum Gasteiger partial charge on any atom is -0.318 e. The van der Waals surface area contributed by atoms with E-state index in [0.29, 0.717) is 22.1 Å². The minimum atomic E-state index is -0.241. The fraction of sp³-hybridized carbons (Fsp3) is 0.300. The lowest BCUT2D eigenvalue weighted by Gasteiger charge is -2.01. The van der Waals surface area contributed by atoms with Gasteiger partial charge in [0, 0.05) is 6.54 Å². The molecule has 0 radical (unpaired) electrons. The summed E-state index contributed by atoms with van der Waals surface area (Å²) >= 11 is 3.37. The molecule has 0 spiro atoms. The average Bonchev–Trinajstić information content (AvgIpc) is 2.54. The Labute approximate surface area is 95.4 Å². The predicted molar refractivity (Wildman–Crippen MR) is 61.3 cm³/mol. The molecule has 2 aromatic rings. The van der Waals surface area contributed by atoms with Crippen molar-refractivity contribution in [3.8, 4) is 0 Å². The number of likely N-dealkylation sites (N-methyl/N-ethyl adjacent to an activating group) is 1. The highest BCUT2D eigenvalue weighted by Gasteiger charge is 2.11. The molecule has 0 amide bonds. The van der Waals surface area contributed by atoms with Gasteiger partial charge in [0.25, 0.3) is 0 Å². The van der Waals surface area contributed by atoms with Crippen LogP contribution in [0.15, 0.2) is 22.8 Å². The van der Waals surface area contributed by atoms with Gasteiger partial charge >= 0.3 is 0 Å². The molecule has 0 saturated carbocycles. The summed E-state index contributed by atoms with van der Waals surface area (Å²) in [5, 5.41) is 7.88. The Bertz CT molecular complexity index is 481. The molecule has 1 N–H and O–H groups in total. The maximum Gasteiger partial charge on any atom is 0.135 e. The molecule has 5 heteroatoms. The number of hydrogen-bond acceptors (Lipinski definition) is 2. The van der Waals surface area contributed by atoms with Crippen LogP contribution in [0.25, 0.3) is 10.9 Å². The summed E-state index contributed by atoms with van der Waals surface area (Å²) in [7, 11) is 1.87. The standard InChI is InChI=1S/C10H11BrFN3/c1-13-5-6-15-10(11)9-7(12)3-2-4-8(9)14-15/h2-4,13H,5-6H2,1H3. The van der Waals surface area contributed by atoms with Crippen molar-refractivity contribution in [2.45, 2.75) is 6.54 Å². The lowest BCUT2D eigenvalue weighted by Crippen LogP contribution is -2.15. The summed E-state index contributed by atoms with van der Waals surface area (Å²) in [6.45, 7) is 1.51. The third-order valence-electron chi connectivity index (χ3n) is 2.23. The van der Waals surface area contributed by atoms with Crippen molar-refractivity contribution in [2.24, 2.45) is 0 Å². The smallest absolute Gasteiger partial charge is 0.135 e. The first-order valence-corrected chi connectivity index (χ1v) is 5.48. The molecule has 1 heterocycles. The molecule has 1 aromatic carbocycles. The summed E-state index contributed by atoms with van der Waals surface area (Å²) < 4.78 is 15.9. The van der Waals surface area contributed by atoms with Crippen molar-refractivity contribution in [3.63, 3.8) is 0 Å². The highest BCUT2D eigenvalue weighted by atomic mass is 79.9. The van der Waals surface area contributed by atoms with E-state index in [9.17, 15) is 4.39 Å². The largest absolute Gasteiger partial charge is 0.318 e. The molecular weight excluding hydrogens is 261 g/mol. The molecule has 0 aliphatic rings. The van der Waals surface area contributed by atoms with Crippen LogP contribution in [-0.2, 0) is 6.54 Å². The number of hydrogen-bond donors (Lipinski definition) is 1. The lowest BCUT2D eigenvalue weighted by molar-refractivity contribution is 0.579. The van der Waals surface area contributed by atoms with Gasteiger partial charge in [0.2, 0.25) is 0 Å². The maximum absolute atomic E-state index is 13.5. The Hall–Kier alpha value is -0.940. The van der Waals surface area contributed by atoms with Gasteiger partial charge < -0.3 is 5.32 Å². The number of nitrogens with zero attached hydrogens (tertiary/aromatic N) is 2. The number of fused-ring (bicyclic) bond motifs is 1. The first-order chi connectivity index (χ1) is 7.24. The predicted octanol–water partition coefficient (Wildman–Crippen LogP) is 2.16. The van der Waals surface area contributed by atoms with Crippen LogP contribution in [0.4, 0.5) is 4.39 Å². The maximum atomic E-state index is 13.5. The second-order valence-electron chi connectivity index (χ2n) is 3.25. The Balaban J connectivity index is 2.50. The average molecular weight is 272 g/mol. The molecule has 0 saturated heterocycles. The summed E-state index contributed by atoms with van der Waals surface area (Å²) in [6, 6.07) is 4.91. The number of aromatic nitrogens is 2. The van der Waals surface area contributed by atoms with E-state index in [2.05, 4.69) is 26.3 Å². The normalized spacial score (nSPS) is 11.1. The van der Waals surface area contributed by atoms with Crippen molar-refractivity contribution >= 4 is 26.8 Å². The first kappa shape index (κ1) is 10.6. The zero-order valence-electron chi connectivity index (χ0n) is 8.30. The lowest BCUT2D eigenvalue weighted by atomic mass is 10.2. The molecule has 80 valence electrons. The molecule has 0 bridgehead atoms. The van der Waals surface area contributed by atoms with E-state index in [-0.39, 0.29) is 5.82 Å². The van der Waals surface area contributed by atoms with Gasteiger partial charge in [-0.3, -0.25) is 4.68 Å². The van der Waals surface area contributed by atoms with Gasteiger partial charge in [-0.25, -0.2) is 4.39 Å². The molecule has 1 aromatic heterocycles. The zero-order chi connectivity index (χ0) is 10.8. The van der Waals surface area contributed by atoms with Gasteiger partial charge in [0.15, 0.2) is 0 Å². The topological polar surface area (TPSA) is 29.9 Å². The fourth-order valence-electron chi connectivity index (χ4n) is 1.47. The molecule has 2 rings (SSSR count). The van der Waals surface area contributed by atoms with Gasteiger partial charge in [-0.15, -0.1) is 0 Å². The number of benzene rings is 1. The Morgan fingerprint density at radius 1 is 1.53 bits per heavy atom.